The molecule has 0 unspecified atom stereocenters. The first-order valence-corrected chi connectivity index (χ1v) is 9.66. The quantitative estimate of drug-likeness (QED) is 0.461. The maximum atomic E-state index is 13.4. The van der Waals surface area contributed by atoms with Crippen LogP contribution in [0.2, 0.25) is 0 Å². The van der Waals surface area contributed by atoms with E-state index in [1.165, 1.54) is 0 Å². The average molecular weight is 400 g/mol. The Kier molecular flexibility index (Phi) is 4.13. The van der Waals surface area contributed by atoms with Crippen LogP contribution >= 0.6 is 0 Å². The van der Waals surface area contributed by atoms with Crippen LogP contribution in [0.4, 0.5) is 0 Å². The molecule has 0 bridgehead atoms. The highest BCUT2D eigenvalue weighted by Gasteiger charge is 2.20. The number of fused-ring (bicyclic) bond motifs is 3. The molecule has 0 amide bonds. The third-order valence-electron chi connectivity index (χ3n) is 5.17. The summed E-state index contributed by atoms with van der Waals surface area (Å²) in [5.41, 5.74) is 3.93. The number of hydrogen-bond acceptors (Lipinski definition) is 5. The van der Waals surface area contributed by atoms with Gasteiger partial charge < -0.3 is 9.30 Å². The van der Waals surface area contributed by atoms with Gasteiger partial charge in [0.15, 0.2) is 0 Å². The molecule has 3 heterocycles. The molecule has 30 heavy (non-hydrogen) atoms. The molecular weight excluding hydrogens is 380 g/mol. The Hall–Kier alpha value is -3.94. The predicted molar refractivity (Wildman–Crippen MR) is 114 cm³/mol. The molecule has 0 atom stereocenters. The van der Waals surface area contributed by atoms with Crippen LogP contribution in [0.1, 0.15) is 19.9 Å². The number of nitrogens with zero attached hydrogens (tertiary/aromatic N) is 6. The number of aromatic nitrogens is 6. The second-order valence-corrected chi connectivity index (χ2v) is 7.29. The number of benzene rings is 2. The van der Waals surface area contributed by atoms with Gasteiger partial charge in [-0.2, -0.15) is 0 Å². The van der Waals surface area contributed by atoms with Gasteiger partial charge in [-0.1, -0.05) is 29.5 Å². The van der Waals surface area contributed by atoms with Crippen molar-refractivity contribution in [1.82, 2.24) is 28.9 Å². The summed E-state index contributed by atoms with van der Waals surface area (Å²) >= 11 is 0. The standard InChI is InChI=1S/C22H20N6O2/c1-14(2)28-17-9-5-4-8-16(17)26-13-23-20(21(26)22(28)29)15-12-27(25-24-15)18-10-6-7-11-19(18)30-3/h4-14H,1-3H3. The molecule has 150 valence electrons. The zero-order chi connectivity index (χ0) is 20.8. The zero-order valence-electron chi connectivity index (χ0n) is 16.9. The molecule has 0 aliphatic heterocycles. The van der Waals surface area contributed by atoms with Crippen molar-refractivity contribution >= 4 is 16.6 Å². The van der Waals surface area contributed by atoms with Crippen LogP contribution in [-0.4, -0.2) is 36.1 Å². The number of hydrogen-bond donors (Lipinski definition) is 0. The minimum absolute atomic E-state index is 0.000544. The third kappa shape index (κ3) is 2.61. The first-order chi connectivity index (χ1) is 14.6. The van der Waals surface area contributed by atoms with Crippen molar-refractivity contribution in [1.29, 1.82) is 0 Å². The Morgan fingerprint density at radius 1 is 1.00 bits per heavy atom. The highest BCUT2D eigenvalue weighted by Crippen LogP contribution is 2.26. The number of rotatable bonds is 4. The van der Waals surface area contributed by atoms with E-state index in [9.17, 15) is 4.79 Å². The van der Waals surface area contributed by atoms with E-state index in [4.69, 9.17) is 4.74 Å². The summed E-state index contributed by atoms with van der Waals surface area (Å²) in [5, 5.41) is 8.53. The fourth-order valence-electron chi connectivity index (χ4n) is 3.84. The lowest BCUT2D eigenvalue weighted by molar-refractivity contribution is 0.411. The van der Waals surface area contributed by atoms with Gasteiger partial charge in [-0.15, -0.1) is 5.10 Å². The van der Waals surface area contributed by atoms with E-state index in [0.717, 1.165) is 16.7 Å². The number of ether oxygens (including phenoxy) is 1. The summed E-state index contributed by atoms with van der Waals surface area (Å²) in [5.74, 6) is 0.678. The molecule has 0 saturated heterocycles. The summed E-state index contributed by atoms with van der Waals surface area (Å²) in [4.78, 5) is 18.0. The summed E-state index contributed by atoms with van der Waals surface area (Å²) < 4.78 is 10.7. The van der Waals surface area contributed by atoms with Crippen LogP contribution < -0.4 is 10.3 Å². The summed E-state index contributed by atoms with van der Waals surface area (Å²) in [7, 11) is 1.61. The maximum absolute atomic E-state index is 13.4. The first kappa shape index (κ1) is 18.1. The molecule has 2 aromatic carbocycles. The predicted octanol–water partition coefficient (Wildman–Crippen LogP) is 3.49. The minimum Gasteiger partial charge on any atom is -0.494 e. The molecule has 8 nitrogen and oxygen atoms in total. The van der Waals surface area contributed by atoms with Gasteiger partial charge in [0.1, 0.15) is 34.7 Å². The molecule has 5 aromatic rings. The van der Waals surface area contributed by atoms with E-state index < -0.39 is 0 Å². The fourth-order valence-corrected chi connectivity index (χ4v) is 3.84. The smallest absolute Gasteiger partial charge is 0.277 e. The largest absolute Gasteiger partial charge is 0.494 e. The average Bonchev–Trinajstić information content (AvgIpc) is 3.41. The lowest BCUT2D eigenvalue weighted by Crippen LogP contribution is -2.24. The summed E-state index contributed by atoms with van der Waals surface area (Å²) in [6, 6.07) is 15.4. The van der Waals surface area contributed by atoms with Gasteiger partial charge in [0.2, 0.25) is 0 Å². The molecule has 0 radical (unpaired) electrons. The van der Waals surface area contributed by atoms with Crippen molar-refractivity contribution in [2.75, 3.05) is 7.11 Å². The van der Waals surface area contributed by atoms with Gasteiger partial charge in [-0.25, -0.2) is 9.67 Å². The van der Waals surface area contributed by atoms with E-state index in [2.05, 4.69) is 15.3 Å². The van der Waals surface area contributed by atoms with Gasteiger partial charge in [-0.3, -0.25) is 9.20 Å². The van der Waals surface area contributed by atoms with Gasteiger partial charge in [-0.05, 0) is 38.1 Å². The number of imidazole rings is 1. The highest BCUT2D eigenvalue weighted by atomic mass is 16.5. The molecule has 0 N–H and O–H groups in total. The molecule has 0 aliphatic carbocycles. The lowest BCUT2D eigenvalue weighted by Gasteiger charge is -2.15. The van der Waals surface area contributed by atoms with Crippen LogP contribution in [0.5, 0.6) is 5.75 Å². The fraction of sp³-hybridized carbons (Fsp3) is 0.182. The van der Waals surface area contributed by atoms with E-state index >= 15 is 0 Å². The van der Waals surface area contributed by atoms with Crippen molar-refractivity contribution in [2.24, 2.45) is 0 Å². The molecule has 0 fully saturated rings. The maximum Gasteiger partial charge on any atom is 0.277 e. The monoisotopic (exact) mass is 400 g/mol. The van der Waals surface area contributed by atoms with Gasteiger partial charge in [0, 0.05) is 6.04 Å². The number of para-hydroxylation sites is 4. The summed E-state index contributed by atoms with van der Waals surface area (Å²) in [6.45, 7) is 4.00. The van der Waals surface area contributed by atoms with Crippen molar-refractivity contribution in [3.05, 3.63) is 71.4 Å². The van der Waals surface area contributed by atoms with Crippen LogP contribution in [0, 0.1) is 0 Å². The molecular formula is C22H20N6O2. The Morgan fingerprint density at radius 3 is 2.50 bits per heavy atom. The Balaban J connectivity index is 1.76. The lowest BCUT2D eigenvalue weighted by atomic mass is 10.2. The Morgan fingerprint density at radius 2 is 1.73 bits per heavy atom. The summed E-state index contributed by atoms with van der Waals surface area (Å²) in [6.07, 6.45) is 3.43. The van der Waals surface area contributed by atoms with E-state index in [1.807, 2.05) is 66.8 Å². The molecule has 5 rings (SSSR count). The van der Waals surface area contributed by atoms with Crippen LogP contribution in [-0.2, 0) is 0 Å². The van der Waals surface area contributed by atoms with Crippen LogP contribution in [0.25, 0.3) is 33.6 Å². The first-order valence-electron chi connectivity index (χ1n) is 9.66. The van der Waals surface area contributed by atoms with Gasteiger partial charge in [0.05, 0.1) is 24.3 Å². The van der Waals surface area contributed by atoms with Crippen molar-refractivity contribution in [2.45, 2.75) is 19.9 Å². The van der Waals surface area contributed by atoms with Crippen molar-refractivity contribution in [3.63, 3.8) is 0 Å². The Labute approximate surface area is 172 Å². The van der Waals surface area contributed by atoms with E-state index in [0.29, 0.717) is 22.7 Å². The second kappa shape index (κ2) is 6.84. The van der Waals surface area contributed by atoms with Gasteiger partial charge >= 0.3 is 0 Å². The normalized spacial score (nSPS) is 11.6. The zero-order valence-corrected chi connectivity index (χ0v) is 16.9. The third-order valence-corrected chi connectivity index (χ3v) is 5.17. The van der Waals surface area contributed by atoms with Crippen LogP contribution in [0.3, 0.4) is 0 Å². The molecule has 0 spiro atoms. The Bertz CT molecular complexity index is 1440. The minimum atomic E-state index is -0.108. The molecule has 0 saturated carbocycles. The SMILES string of the molecule is COc1ccccc1-n1cc(-c2ncn3c2c(=O)n(C(C)C)c2ccccc23)nn1. The highest BCUT2D eigenvalue weighted by molar-refractivity contribution is 5.84. The van der Waals surface area contributed by atoms with E-state index in [-0.39, 0.29) is 11.6 Å². The topological polar surface area (TPSA) is 79.2 Å². The molecule has 3 aromatic heterocycles. The van der Waals surface area contributed by atoms with Crippen molar-refractivity contribution < 1.29 is 4.74 Å². The van der Waals surface area contributed by atoms with Crippen molar-refractivity contribution in [3.8, 4) is 22.8 Å². The van der Waals surface area contributed by atoms with E-state index in [1.54, 1.807) is 28.9 Å². The molecule has 8 heteroatoms. The second-order valence-electron chi connectivity index (χ2n) is 7.29. The number of methoxy groups -OCH3 is 1. The van der Waals surface area contributed by atoms with Crippen LogP contribution in [0.15, 0.2) is 65.8 Å². The molecule has 0 aliphatic rings. The van der Waals surface area contributed by atoms with Gasteiger partial charge in [0.25, 0.3) is 5.56 Å².